The first kappa shape index (κ1) is 21.4. The zero-order valence-corrected chi connectivity index (χ0v) is 18.3. The van der Waals surface area contributed by atoms with Crippen LogP contribution in [0.25, 0.3) is 5.65 Å². The summed E-state index contributed by atoms with van der Waals surface area (Å²) in [6, 6.07) is 21.8. The van der Waals surface area contributed by atoms with Crippen LogP contribution in [-0.4, -0.2) is 36.1 Å². The molecule has 1 amide bonds. The maximum Gasteiger partial charge on any atom is 0.221 e. The highest BCUT2D eigenvalue weighted by Gasteiger charge is 2.21. The van der Waals surface area contributed by atoms with E-state index in [0.717, 1.165) is 22.5 Å². The third kappa shape index (κ3) is 4.75. The number of hydrogen-bond donors (Lipinski definition) is 1. The zero-order chi connectivity index (χ0) is 22.3. The molecule has 164 valence electrons. The molecule has 2 aromatic carbocycles. The van der Waals surface area contributed by atoms with E-state index in [4.69, 9.17) is 9.47 Å². The fourth-order valence-corrected chi connectivity index (χ4v) is 3.93. The van der Waals surface area contributed by atoms with E-state index < -0.39 is 0 Å². The molecule has 1 N–H and O–H groups in total. The number of carbonyl (C=O) groups excluding carboxylic acids is 1. The van der Waals surface area contributed by atoms with Crippen LogP contribution >= 0.6 is 0 Å². The molecule has 0 aliphatic carbocycles. The van der Waals surface area contributed by atoms with E-state index in [1.165, 1.54) is 0 Å². The Labute approximate surface area is 187 Å². The molecule has 0 saturated heterocycles. The van der Waals surface area contributed by atoms with Crippen molar-refractivity contribution < 1.29 is 14.3 Å². The minimum atomic E-state index is -0.0883. The van der Waals surface area contributed by atoms with Gasteiger partial charge in [-0.3, -0.25) is 4.79 Å². The number of ether oxygens (including phenoxy) is 2. The van der Waals surface area contributed by atoms with Crippen LogP contribution in [0.15, 0.2) is 79.1 Å². The summed E-state index contributed by atoms with van der Waals surface area (Å²) in [4.78, 5) is 17.4. The Hall–Kier alpha value is -3.80. The first-order valence-electron chi connectivity index (χ1n) is 10.6. The molecule has 2 aromatic heterocycles. The first-order chi connectivity index (χ1) is 15.7. The van der Waals surface area contributed by atoms with Crippen LogP contribution in [0, 0.1) is 0 Å². The third-order valence-electron chi connectivity index (χ3n) is 5.58. The second kappa shape index (κ2) is 10.0. The molecule has 1 unspecified atom stereocenters. The number of benzene rings is 2. The molecule has 4 aromatic rings. The van der Waals surface area contributed by atoms with Crippen LogP contribution in [0.4, 0.5) is 0 Å². The van der Waals surface area contributed by atoms with Crippen LogP contribution in [-0.2, 0) is 11.2 Å². The Morgan fingerprint density at radius 1 is 1.00 bits per heavy atom. The van der Waals surface area contributed by atoms with Crippen molar-refractivity contribution in [3.63, 3.8) is 0 Å². The van der Waals surface area contributed by atoms with Gasteiger partial charge in [0.2, 0.25) is 5.91 Å². The molecule has 2 heterocycles. The number of methoxy groups -OCH3 is 2. The highest BCUT2D eigenvalue weighted by molar-refractivity contribution is 5.77. The Kier molecular flexibility index (Phi) is 6.70. The average Bonchev–Trinajstić information content (AvgIpc) is 3.27. The summed E-state index contributed by atoms with van der Waals surface area (Å²) in [5, 5.41) is 3.07. The number of imidazole rings is 1. The number of amides is 1. The summed E-state index contributed by atoms with van der Waals surface area (Å²) < 4.78 is 12.7. The van der Waals surface area contributed by atoms with Gasteiger partial charge in [0.05, 0.1) is 19.9 Å². The fourth-order valence-electron chi connectivity index (χ4n) is 3.93. The number of fused-ring (bicyclic) bond motifs is 1. The van der Waals surface area contributed by atoms with Crippen LogP contribution < -0.4 is 14.8 Å². The van der Waals surface area contributed by atoms with Gasteiger partial charge in [-0.2, -0.15) is 0 Å². The standard InChI is InChI=1S/C26H27N3O3/c1-31-23-12-11-19(16-24(23)32-2)13-14-27-26(30)17-21(20-8-4-3-5-9-20)22-18-28-25-10-6-7-15-29(22)25/h3-12,15-16,18,21H,13-14,17H2,1-2H3,(H,27,30). The summed E-state index contributed by atoms with van der Waals surface area (Å²) in [5.41, 5.74) is 4.04. The third-order valence-corrected chi connectivity index (χ3v) is 5.58. The first-order valence-corrected chi connectivity index (χ1v) is 10.6. The van der Waals surface area contributed by atoms with E-state index in [2.05, 4.69) is 26.8 Å². The monoisotopic (exact) mass is 429 g/mol. The van der Waals surface area contributed by atoms with Crippen molar-refractivity contribution >= 4 is 11.6 Å². The van der Waals surface area contributed by atoms with E-state index in [9.17, 15) is 4.79 Å². The summed E-state index contributed by atoms with van der Waals surface area (Å²) >= 11 is 0. The topological polar surface area (TPSA) is 64.9 Å². The quantitative estimate of drug-likeness (QED) is 0.432. The van der Waals surface area contributed by atoms with Crippen LogP contribution in [0.2, 0.25) is 0 Å². The fraction of sp³-hybridized carbons (Fsp3) is 0.231. The second-order valence-electron chi connectivity index (χ2n) is 7.57. The lowest BCUT2D eigenvalue weighted by atomic mass is 9.92. The molecule has 0 bridgehead atoms. The minimum Gasteiger partial charge on any atom is -0.493 e. The number of nitrogens with one attached hydrogen (secondary N) is 1. The maximum atomic E-state index is 12.9. The van der Waals surface area contributed by atoms with Gasteiger partial charge in [0, 0.05) is 31.3 Å². The summed E-state index contributed by atoms with van der Waals surface area (Å²) in [6.07, 6.45) is 4.91. The SMILES string of the molecule is COc1ccc(CCNC(=O)CC(c2ccccc2)c2cnc3ccccn23)cc1OC. The Balaban J connectivity index is 1.45. The number of hydrogen-bond acceptors (Lipinski definition) is 4. The van der Waals surface area contributed by atoms with Crippen molar-refractivity contribution in [2.24, 2.45) is 0 Å². The molecule has 0 aliphatic heterocycles. The van der Waals surface area contributed by atoms with Gasteiger partial charge < -0.3 is 19.2 Å². The zero-order valence-electron chi connectivity index (χ0n) is 18.3. The van der Waals surface area contributed by atoms with Gasteiger partial charge in [0.15, 0.2) is 11.5 Å². The van der Waals surface area contributed by atoms with Gasteiger partial charge >= 0.3 is 0 Å². The molecule has 4 rings (SSSR count). The van der Waals surface area contributed by atoms with Crippen molar-refractivity contribution in [2.75, 3.05) is 20.8 Å². The molecule has 32 heavy (non-hydrogen) atoms. The summed E-state index contributed by atoms with van der Waals surface area (Å²) in [6.45, 7) is 0.545. The van der Waals surface area contributed by atoms with E-state index in [1.807, 2.05) is 67.0 Å². The minimum absolute atomic E-state index is 0.00482. The summed E-state index contributed by atoms with van der Waals surface area (Å²) in [5.74, 6) is 1.30. The van der Waals surface area contributed by atoms with Crippen molar-refractivity contribution in [2.45, 2.75) is 18.8 Å². The molecule has 0 fully saturated rings. The van der Waals surface area contributed by atoms with E-state index >= 15 is 0 Å². The van der Waals surface area contributed by atoms with Gasteiger partial charge in [0.25, 0.3) is 0 Å². The van der Waals surface area contributed by atoms with Crippen LogP contribution in [0.1, 0.15) is 29.2 Å². The van der Waals surface area contributed by atoms with Gasteiger partial charge in [-0.15, -0.1) is 0 Å². The maximum absolute atomic E-state index is 12.9. The van der Waals surface area contributed by atoms with Gasteiger partial charge in [0.1, 0.15) is 5.65 Å². The Morgan fingerprint density at radius 2 is 1.78 bits per heavy atom. The lowest BCUT2D eigenvalue weighted by Gasteiger charge is -2.17. The lowest BCUT2D eigenvalue weighted by molar-refractivity contribution is -0.121. The number of aromatic nitrogens is 2. The number of nitrogens with zero attached hydrogens (tertiary/aromatic N) is 2. The lowest BCUT2D eigenvalue weighted by Crippen LogP contribution is -2.27. The Bertz CT molecular complexity index is 1190. The van der Waals surface area contributed by atoms with Crippen molar-refractivity contribution in [3.05, 3.63) is 95.9 Å². The molecule has 0 saturated carbocycles. The van der Waals surface area contributed by atoms with Gasteiger partial charge in [-0.1, -0.05) is 42.5 Å². The van der Waals surface area contributed by atoms with Gasteiger partial charge in [-0.25, -0.2) is 4.98 Å². The predicted octanol–water partition coefficient (Wildman–Crippen LogP) is 4.23. The normalized spacial score (nSPS) is 11.8. The number of carbonyl (C=O) groups is 1. The molecule has 1 atom stereocenters. The van der Waals surface area contributed by atoms with Crippen molar-refractivity contribution in [1.82, 2.24) is 14.7 Å². The highest BCUT2D eigenvalue weighted by Crippen LogP contribution is 2.29. The largest absolute Gasteiger partial charge is 0.493 e. The Morgan fingerprint density at radius 3 is 2.56 bits per heavy atom. The van der Waals surface area contributed by atoms with E-state index in [0.29, 0.717) is 30.9 Å². The summed E-state index contributed by atoms with van der Waals surface area (Å²) in [7, 11) is 3.23. The molecule has 6 nitrogen and oxygen atoms in total. The average molecular weight is 430 g/mol. The van der Waals surface area contributed by atoms with Crippen LogP contribution in [0.5, 0.6) is 11.5 Å². The highest BCUT2D eigenvalue weighted by atomic mass is 16.5. The molecule has 6 heteroatoms. The van der Waals surface area contributed by atoms with Crippen LogP contribution in [0.3, 0.4) is 0 Å². The molecule has 0 radical (unpaired) electrons. The van der Waals surface area contributed by atoms with E-state index in [-0.39, 0.29) is 11.8 Å². The van der Waals surface area contributed by atoms with E-state index in [1.54, 1.807) is 14.2 Å². The number of pyridine rings is 1. The number of rotatable bonds is 9. The predicted molar refractivity (Wildman–Crippen MR) is 124 cm³/mol. The molecule has 0 spiro atoms. The van der Waals surface area contributed by atoms with Gasteiger partial charge in [-0.05, 0) is 41.8 Å². The molecule has 0 aliphatic rings. The second-order valence-corrected chi connectivity index (χ2v) is 7.57. The smallest absolute Gasteiger partial charge is 0.221 e. The molecular formula is C26H27N3O3. The van der Waals surface area contributed by atoms with Crippen molar-refractivity contribution in [3.8, 4) is 11.5 Å². The molecular weight excluding hydrogens is 402 g/mol. The van der Waals surface area contributed by atoms with Crippen molar-refractivity contribution in [1.29, 1.82) is 0 Å².